The molecule has 0 amide bonds. The van der Waals surface area contributed by atoms with Gasteiger partial charge in [-0.3, -0.25) is 0 Å². The van der Waals surface area contributed by atoms with Crippen molar-refractivity contribution in [3.63, 3.8) is 0 Å². The van der Waals surface area contributed by atoms with E-state index in [4.69, 9.17) is 4.74 Å². The number of aryl methyl sites for hydroxylation is 2. The first-order chi connectivity index (χ1) is 7.70. The van der Waals surface area contributed by atoms with E-state index in [1.165, 1.54) is 24.0 Å². The lowest BCUT2D eigenvalue weighted by atomic mass is 10.1. The molecule has 1 aromatic rings. The summed E-state index contributed by atoms with van der Waals surface area (Å²) in [5.41, 5.74) is 3.34. The van der Waals surface area contributed by atoms with Crippen LogP contribution in [0.3, 0.4) is 0 Å². The van der Waals surface area contributed by atoms with Gasteiger partial charge in [-0.25, -0.2) is 4.39 Å². The first-order valence-corrected chi connectivity index (χ1v) is 5.70. The Labute approximate surface area is 95.9 Å². The fraction of sp³-hybridized carbons (Fsp3) is 0.429. The lowest BCUT2D eigenvalue weighted by Crippen LogP contribution is -1.93. The highest BCUT2D eigenvalue weighted by atomic mass is 19.1. The topological polar surface area (TPSA) is 9.23 Å². The minimum absolute atomic E-state index is 0.128. The van der Waals surface area contributed by atoms with Crippen LogP contribution in [0.1, 0.15) is 30.4 Å². The van der Waals surface area contributed by atoms with Gasteiger partial charge in [0.25, 0.3) is 0 Å². The average Bonchev–Trinajstić information content (AvgIpc) is 3.08. The number of allylic oxidation sites excluding steroid dienone is 2. The van der Waals surface area contributed by atoms with Crippen molar-refractivity contribution >= 4 is 0 Å². The zero-order chi connectivity index (χ0) is 11.5. The molecule has 0 unspecified atom stereocenters. The number of benzene rings is 1. The number of halogens is 1. The van der Waals surface area contributed by atoms with Gasteiger partial charge in [0.15, 0.2) is 0 Å². The molecule has 0 aliphatic heterocycles. The molecule has 1 fully saturated rings. The molecule has 16 heavy (non-hydrogen) atoms. The molecule has 0 bridgehead atoms. The van der Waals surface area contributed by atoms with Crippen molar-refractivity contribution in [3.05, 3.63) is 46.5 Å². The van der Waals surface area contributed by atoms with Gasteiger partial charge in [-0.1, -0.05) is 12.1 Å². The SMILES string of the molecule is COC(CCc1ccc(F)c(C)c1)=C1CC1. The molecule has 1 aliphatic carbocycles. The third kappa shape index (κ3) is 2.63. The lowest BCUT2D eigenvalue weighted by molar-refractivity contribution is 0.275. The Kier molecular flexibility index (Phi) is 3.28. The lowest BCUT2D eigenvalue weighted by Gasteiger charge is -2.07. The second-order valence-electron chi connectivity index (χ2n) is 4.31. The van der Waals surface area contributed by atoms with Crippen LogP contribution >= 0.6 is 0 Å². The Hall–Kier alpha value is -1.31. The van der Waals surface area contributed by atoms with Crippen molar-refractivity contribution in [1.82, 2.24) is 0 Å². The minimum atomic E-state index is -0.128. The van der Waals surface area contributed by atoms with Crippen LogP contribution < -0.4 is 0 Å². The summed E-state index contributed by atoms with van der Waals surface area (Å²) < 4.78 is 18.4. The molecule has 0 heterocycles. The molecule has 1 saturated carbocycles. The number of hydrogen-bond acceptors (Lipinski definition) is 1. The van der Waals surface area contributed by atoms with E-state index < -0.39 is 0 Å². The Morgan fingerprint density at radius 3 is 2.69 bits per heavy atom. The first-order valence-electron chi connectivity index (χ1n) is 5.70. The van der Waals surface area contributed by atoms with Crippen LogP contribution in [0.2, 0.25) is 0 Å². The summed E-state index contributed by atoms with van der Waals surface area (Å²) in [6, 6.07) is 5.31. The van der Waals surface area contributed by atoms with Gasteiger partial charge in [0.05, 0.1) is 12.9 Å². The zero-order valence-corrected chi connectivity index (χ0v) is 9.85. The molecule has 0 spiro atoms. The monoisotopic (exact) mass is 220 g/mol. The maximum atomic E-state index is 13.1. The van der Waals surface area contributed by atoms with Gasteiger partial charge in [0.1, 0.15) is 5.82 Å². The normalized spacial score (nSPS) is 13.8. The highest BCUT2D eigenvalue weighted by Crippen LogP contribution is 2.33. The van der Waals surface area contributed by atoms with Gasteiger partial charge in [-0.15, -0.1) is 0 Å². The fourth-order valence-corrected chi connectivity index (χ4v) is 1.88. The summed E-state index contributed by atoms with van der Waals surface area (Å²) >= 11 is 0. The summed E-state index contributed by atoms with van der Waals surface area (Å²) in [7, 11) is 1.73. The van der Waals surface area contributed by atoms with Gasteiger partial charge in [-0.2, -0.15) is 0 Å². The molecule has 2 rings (SSSR count). The molecule has 0 aromatic heterocycles. The smallest absolute Gasteiger partial charge is 0.126 e. The summed E-state index contributed by atoms with van der Waals surface area (Å²) in [5, 5.41) is 0. The van der Waals surface area contributed by atoms with E-state index in [1.807, 2.05) is 12.1 Å². The molecular weight excluding hydrogens is 203 g/mol. The van der Waals surface area contributed by atoms with Crippen LogP contribution in [0.4, 0.5) is 4.39 Å². The van der Waals surface area contributed by atoms with E-state index in [2.05, 4.69) is 0 Å². The first kappa shape index (κ1) is 11.2. The molecule has 0 N–H and O–H groups in total. The third-order valence-electron chi connectivity index (χ3n) is 3.00. The quantitative estimate of drug-likeness (QED) is 0.702. The van der Waals surface area contributed by atoms with Gasteiger partial charge in [0, 0.05) is 6.42 Å². The predicted octanol–water partition coefficient (Wildman–Crippen LogP) is 3.76. The van der Waals surface area contributed by atoms with Crippen molar-refractivity contribution in [1.29, 1.82) is 0 Å². The second-order valence-corrected chi connectivity index (χ2v) is 4.31. The Balaban J connectivity index is 1.99. The van der Waals surface area contributed by atoms with E-state index >= 15 is 0 Å². The van der Waals surface area contributed by atoms with Gasteiger partial charge < -0.3 is 4.74 Å². The molecule has 1 aliphatic rings. The van der Waals surface area contributed by atoms with Crippen molar-refractivity contribution in [3.8, 4) is 0 Å². The fourth-order valence-electron chi connectivity index (χ4n) is 1.88. The van der Waals surface area contributed by atoms with Crippen molar-refractivity contribution in [2.24, 2.45) is 0 Å². The molecule has 1 aromatic carbocycles. The van der Waals surface area contributed by atoms with Crippen LogP contribution in [0.5, 0.6) is 0 Å². The van der Waals surface area contributed by atoms with Crippen LogP contribution in [0.15, 0.2) is 29.5 Å². The number of methoxy groups -OCH3 is 1. The molecule has 0 saturated heterocycles. The van der Waals surface area contributed by atoms with Crippen molar-refractivity contribution in [2.75, 3.05) is 7.11 Å². The maximum Gasteiger partial charge on any atom is 0.126 e. The Morgan fingerprint density at radius 2 is 2.12 bits per heavy atom. The van der Waals surface area contributed by atoms with E-state index in [-0.39, 0.29) is 5.82 Å². The average molecular weight is 220 g/mol. The Bertz CT molecular complexity index is 415. The highest BCUT2D eigenvalue weighted by molar-refractivity contribution is 5.26. The van der Waals surface area contributed by atoms with Crippen LogP contribution in [-0.2, 0) is 11.2 Å². The molecule has 1 nitrogen and oxygen atoms in total. The second kappa shape index (κ2) is 4.69. The largest absolute Gasteiger partial charge is 0.501 e. The number of ether oxygens (including phenoxy) is 1. The summed E-state index contributed by atoms with van der Waals surface area (Å²) in [4.78, 5) is 0. The van der Waals surface area contributed by atoms with Crippen molar-refractivity contribution in [2.45, 2.75) is 32.6 Å². The van der Waals surface area contributed by atoms with Gasteiger partial charge in [-0.05, 0) is 49.0 Å². The van der Waals surface area contributed by atoms with Crippen LogP contribution in [0.25, 0.3) is 0 Å². The summed E-state index contributed by atoms with van der Waals surface area (Å²) in [6.07, 6.45) is 4.22. The van der Waals surface area contributed by atoms with Crippen molar-refractivity contribution < 1.29 is 9.13 Å². The maximum absolute atomic E-state index is 13.1. The minimum Gasteiger partial charge on any atom is -0.501 e. The van der Waals surface area contributed by atoms with Gasteiger partial charge >= 0.3 is 0 Å². The third-order valence-corrected chi connectivity index (χ3v) is 3.00. The standard InChI is InChI=1S/C14H17FO/c1-10-9-11(3-7-13(10)15)4-8-14(16-2)12-5-6-12/h3,7,9H,4-6,8H2,1-2H3. The van der Waals surface area contributed by atoms with Crippen LogP contribution in [0, 0.1) is 12.7 Å². The van der Waals surface area contributed by atoms with E-state index in [1.54, 1.807) is 20.1 Å². The molecule has 0 radical (unpaired) electrons. The summed E-state index contributed by atoms with van der Waals surface area (Å²) in [6.45, 7) is 1.80. The number of rotatable bonds is 4. The molecule has 2 heteroatoms. The highest BCUT2D eigenvalue weighted by Gasteiger charge is 2.18. The van der Waals surface area contributed by atoms with E-state index in [0.29, 0.717) is 0 Å². The predicted molar refractivity (Wildman–Crippen MR) is 62.7 cm³/mol. The molecule has 86 valence electrons. The summed E-state index contributed by atoms with van der Waals surface area (Å²) in [5.74, 6) is 0.998. The van der Waals surface area contributed by atoms with Gasteiger partial charge in [0.2, 0.25) is 0 Å². The molecular formula is C14H17FO. The zero-order valence-electron chi connectivity index (χ0n) is 9.85. The van der Waals surface area contributed by atoms with E-state index in [0.717, 1.165) is 24.2 Å². The number of hydrogen-bond donors (Lipinski definition) is 0. The Morgan fingerprint density at radius 1 is 1.38 bits per heavy atom. The van der Waals surface area contributed by atoms with Crippen LogP contribution in [-0.4, -0.2) is 7.11 Å². The molecule has 0 atom stereocenters. The van der Waals surface area contributed by atoms with E-state index in [9.17, 15) is 4.39 Å².